The molecule has 0 saturated carbocycles. The van der Waals surface area contributed by atoms with Gasteiger partial charge >= 0.3 is 0 Å². The number of ether oxygens (including phenoxy) is 1. The van der Waals surface area contributed by atoms with E-state index in [-0.39, 0.29) is 0 Å². The molecule has 108 valence electrons. The smallest absolute Gasteiger partial charge is 0.134 e. The van der Waals surface area contributed by atoms with Crippen molar-refractivity contribution >= 4 is 16.6 Å². The van der Waals surface area contributed by atoms with Gasteiger partial charge in [0.05, 0.1) is 12.7 Å². The summed E-state index contributed by atoms with van der Waals surface area (Å²) in [6.45, 7) is 4.47. The Labute approximate surface area is 119 Å². The number of rotatable bonds is 6. The molecule has 0 unspecified atom stereocenters. The molecule has 20 heavy (non-hydrogen) atoms. The molecule has 0 amide bonds. The van der Waals surface area contributed by atoms with Gasteiger partial charge in [0.25, 0.3) is 0 Å². The Morgan fingerprint density at radius 2 is 2.00 bits per heavy atom. The molecule has 1 aromatic heterocycles. The average Bonchev–Trinajstić information content (AvgIpc) is 2.52. The lowest BCUT2D eigenvalue weighted by Gasteiger charge is -2.26. The van der Waals surface area contributed by atoms with Crippen LogP contribution in [0.4, 0.5) is 5.82 Å². The minimum absolute atomic E-state index is 0.489. The maximum atomic E-state index is 10.3. The summed E-state index contributed by atoms with van der Waals surface area (Å²) in [5.41, 5.74) is -0.692. The molecule has 2 N–H and O–H groups in total. The van der Waals surface area contributed by atoms with E-state index in [1.165, 1.54) is 0 Å². The largest absolute Gasteiger partial charge is 0.497 e. The number of aliphatic hydroxyl groups is 1. The lowest BCUT2D eigenvalue weighted by Crippen LogP contribution is -2.35. The molecular formula is C16H22N2O2. The van der Waals surface area contributed by atoms with E-state index in [2.05, 4.69) is 10.3 Å². The summed E-state index contributed by atoms with van der Waals surface area (Å²) in [7, 11) is 1.65. The van der Waals surface area contributed by atoms with Crippen molar-refractivity contribution in [3.63, 3.8) is 0 Å². The Balaban J connectivity index is 2.29. The van der Waals surface area contributed by atoms with Crippen molar-refractivity contribution in [2.45, 2.75) is 32.3 Å². The second-order valence-electron chi connectivity index (χ2n) is 5.03. The third-order valence-corrected chi connectivity index (χ3v) is 3.87. The van der Waals surface area contributed by atoms with Crippen molar-refractivity contribution in [3.05, 3.63) is 30.5 Å². The van der Waals surface area contributed by atoms with Gasteiger partial charge in [0, 0.05) is 18.1 Å². The summed E-state index contributed by atoms with van der Waals surface area (Å²) in [4.78, 5) is 4.38. The van der Waals surface area contributed by atoms with Crippen molar-refractivity contribution in [2.24, 2.45) is 0 Å². The van der Waals surface area contributed by atoms with Gasteiger partial charge in [-0.1, -0.05) is 19.9 Å². The van der Waals surface area contributed by atoms with E-state index >= 15 is 0 Å². The molecule has 0 aliphatic rings. The Kier molecular flexibility index (Phi) is 4.45. The van der Waals surface area contributed by atoms with Gasteiger partial charge in [-0.05, 0) is 36.4 Å². The molecule has 0 fully saturated rings. The number of pyridine rings is 1. The van der Waals surface area contributed by atoms with Gasteiger partial charge in [0.15, 0.2) is 0 Å². The van der Waals surface area contributed by atoms with E-state index in [0.717, 1.165) is 22.3 Å². The molecule has 4 nitrogen and oxygen atoms in total. The highest BCUT2D eigenvalue weighted by Crippen LogP contribution is 2.26. The van der Waals surface area contributed by atoms with Gasteiger partial charge < -0.3 is 15.2 Å². The first kappa shape index (κ1) is 14.6. The van der Waals surface area contributed by atoms with Crippen LogP contribution in [0.15, 0.2) is 30.5 Å². The molecule has 0 saturated heterocycles. The SMILES string of the molecule is CCC(O)(CC)CNc1nccc2ccc(OC)cc12. The predicted molar refractivity (Wildman–Crippen MR) is 82.3 cm³/mol. The zero-order valence-electron chi connectivity index (χ0n) is 12.3. The number of methoxy groups -OCH3 is 1. The number of nitrogens with one attached hydrogen (secondary N) is 1. The third kappa shape index (κ3) is 3.02. The summed E-state index contributed by atoms with van der Waals surface area (Å²) >= 11 is 0. The van der Waals surface area contributed by atoms with Crippen LogP contribution in [0.5, 0.6) is 5.75 Å². The van der Waals surface area contributed by atoms with Crippen molar-refractivity contribution in [1.82, 2.24) is 4.98 Å². The fraction of sp³-hybridized carbons (Fsp3) is 0.438. The van der Waals surface area contributed by atoms with Crippen LogP contribution in [-0.2, 0) is 0 Å². The third-order valence-electron chi connectivity index (χ3n) is 3.87. The molecular weight excluding hydrogens is 252 g/mol. The average molecular weight is 274 g/mol. The van der Waals surface area contributed by atoms with E-state index in [1.54, 1.807) is 13.3 Å². The van der Waals surface area contributed by atoms with Crippen molar-refractivity contribution in [2.75, 3.05) is 19.0 Å². The maximum Gasteiger partial charge on any atom is 0.134 e. The summed E-state index contributed by atoms with van der Waals surface area (Å²) < 4.78 is 5.26. The number of fused-ring (bicyclic) bond motifs is 1. The van der Waals surface area contributed by atoms with Crippen molar-refractivity contribution in [1.29, 1.82) is 0 Å². The minimum atomic E-state index is -0.692. The van der Waals surface area contributed by atoms with E-state index in [9.17, 15) is 5.11 Å². The zero-order chi connectivity index (χ0) is 14.6. The van der Waals surface area contributed by atoms with E-state index < -0.39 is 5.60 Å². The van der Waals surface area contributed by atoms with Crippen LogP contribution in [-0.4, -0.2) is 29.3 Å². The van der Waals surface area contributed by atoms with Gasteiger partial charge in [0.2, 0.25) is 0 Å². The quantitative estimate of drug-likeness (QED) is 0.849. The lowest BCUT2D eigenvalue weighted by molar-refractivity contribution is 0.0456. The maximum absolute atomic E-state index is 10.3. The molecule has 0 atom stereocenters. The molecule has 0 aliphatic heterocycles. The fourth-order valence-electron chi connectivity index (χ4n) is 2.16. The Morgan fingerprint density at radius 3 is 2.65 bits per heavy atom. The van der Waals surface area contributed by atoms with Crippen LogP contribution in [0, 0.1) is 0 Å². The summed E-state index contributed by atoms with van der Waals surface area (Å²) in [5, 5.41) is 15.7. The van der Waals surface area contributed by atoms with Crippen molar-refractivity contribution < 1.29 is 9.84 Å². The van der Waals surface area contributed by atoms with Crippen LogP contribution in [0.3, 0.4) is 0 Å². The standard InChI is InChI=1S/C16H22N2O2/c1-4-16(19,5-2)11-18-15-14-10-13(20-3)7-6-12(14)8-9-17-15/h6-10,19H,4-5,11H2,1-3H3,(H,17,18). The van der Waals surface area contributed by atoms with E-state index in [0.29, 0.717) is 19.4 Å². The Morgan fingerprint density at radius 1 is 1.25 bits per heavy atom. The Hall–Kier alpha value is -1.81. The molecule has 1 heterocycles. The number of hydrogen-bond donors (Lipinski definition) is 2. The first-order chi connectivity index (χ1) is 9.61. The molecule has 2 aromatic rings. The van der Waals surface area contributed by atoms with Gasteiger partial charge in [0.1, 0.15) is 11.6 Å². The second-order valence-corrected chi connectivity index (χ2v) is 5.03. The van der Waals surface area contributed by atoms with Gasteiger partial charge in [-0.15, -0.1) is 0 Å². The van der Waals surface area contributed by atoms with E-state index in [1.807, 2.05) is 38.1 Å². The summed E-state index contributed by atoms with van der Waals surface area (Å²) in [6, 6.07) is 7.86. The monoisotopic (exact) mass is 274 g/mol. The summed E-state index contributed by atoms with van der Waals surface area (Å²) in [6.07, 6.45) is 3.20. The van der Waals surface area contributed by atoms with Gasteiger partial charge in [-0.3, -0.25) is 0 Å². The zero-order valence-corrected chi connectivity index (χ0v) is 12.3. The van der Waals surface area contributed by atoms with Crippen LogP contribution in [0.1, 0.15) is 26.7 Å². The van der Waals surface area contributed by atoms with E-state index in [4.69, 9.17) is 4.74 Å². The van der Waals surface area contributed by atoms with Gasteiger partial charge in [-0.2, -0.15) is 0 Å². The molecule has 2 rings (SSSR count). The predicted octanol–water partition coefficient (Wildman–Crippen LogP) is 3.21. The number of benzene rings is 1. The minimum Gasteiger partial charge on any atom is -0.497 e. The fourth-order valence-corrected chi connectivity index (χ4v) is 2.16. The van der Waals surface area contributed by atoms with Crippen LogP contribution < -0.4 is 10.1 Å². The molecule has 4 heteroatoms. The molecule has 0 aliphatic carbocycles. The second kappa shape index (κ2) is 6.09. The number of anilines is 1. The first-order valence-electron chi connectivity index (χ1n) is 7.01. The summed E-state index contributed by atoms with van der Waals surface area (Å²) in [5.74, 6) is 1.58. The molecule has 0 bridgehead atoms. The Bertz CT molecular complexity index is 580. The van der Waals surface area contributed by atoms with Crippen LogP contribution in [0.25, 0.3) is 10.8 Å². The number of hydrogen-bond acceptors (Lipinski definition) is 4. The highest BCUT2D eigenvalue weighted by Gasteiger charge is 2.22. The number of nitrogens with zero attached hydrogens (tertiary/aromatic N) is 1. The lowest BCUT2D eigenvalue weighted by atomic mass is 9.97. The first-order valence-corrected chi connectivity index (χ1v) is 7.01. The molecule has 0 spiro atoms. The highest BCUT2D eigenvalue weighted by atomic mass is 16.5. The number of aromatic nitrogens is 1. The normalized spacial score (nSPS) is 11.6. The van der Waals surface area contributed by atoms with Crippen LogP contribution in [0.2, 0.25) is 0 Å². The highest BCUT2D eigenvalue weighted by molar-refractivity contribution is 5.92. The van der Waals surface area contributed by atoms with Gasteiger partial charge in [-0.25, -0.2) is 4.98 Å². The molecule has 0 radical (unpaired) electrons. The van der Waals surface area contributed by atoms with Crippen LogP contribution >= 0.6 is 0 Å². The topological polar surface area (TPSA) is 54.4 Å². The molecule has 1 aromatic carbocycles. The van der Waals surface area contributed by atoms with Crippen molar-refractivity contribution in [3.8, 4) is 5.75 Å².